The third kappa shape index (κ3) is 3.56. The van der Waals surface area contributed by atoms with Gasteiger partial charge in [-0.2, -0.15) is 13.2 Å². The van der Waals surface area contributed by atoms with E-state index < -0.39 is 29.7 Å². The molecule has 2 N–H and O–H groups in total. The van der Waals surface area contributed by atoms with Crippen molar-refractivity contribution in [1.82, 2.24) is 0 Å². The number of anilines is 1. The number of thioether (sulfide) groups is 1. The molecule has 0 fully saturated rings. The minimum Gasteiger partial charge on any atom is -0.390 e. The number of carbonyl (C=O) groups excluding carboxylic acids is 1. The number of aliphatic imine (C=N–C) groups is 1. The molecule has 0 radical (unpaired) electrons. The van der Waals surface area contributed by atoms with E-state index in [0.29, 0.717) is 5.04 Å². The van der Waals surface area contributed by atoms with Gasteiger partial charge in [-0.1, -0.05) is 6.07 Å². The summed E-state index contributed by atoms with van der Waals surface area (Å²) in [6.45, 7) is 0.122. The first kappa shape index (κ1) is 15.8. The monoisotopic (exact) mass is 318 g/mol. The number of halogens is 3. The van der Waals surface area contributed by atoms with Crippen molar-refractivity contribution < 1.29 is 23.1 Å². The fourth-order valence-corrected chi connectivity index (χ4v) is 2.75. The molecule has 2 unspecified atom stereocenters. The van der Waals surface area contributed by atoms with E-state index in [1.807, 2.05) is 0 Å². The van der Waals surface area contributed by atoms with Crippen LogP contribution in [0.25, 0.3) is 0 Å². The molecular formula is C13H13F3N2O2S. The molecule has 8 heteroatoms. The maximum absolute atomic E-state index is 12.6. The number of benzene rings is 1. The second-order valence-electron chi connectivity index (χ2n) is 4.50. The van der Waals surface area contributed by atoms with E-state index in [9.17, 15) is 23.1 Å². The van der Waals surface area contributed by atoms with Crippen LogP contribution in [0.15, 0.2) is 29.3 Å². The average Bonchev–Trinajstić information content (AvgIpc) is 2.79. The van der Waals surface area contributed by atoms with Gasteiger partial charge in [-0.15, -0.1) is 11.8 Å². The molecule has 1 aliphatic heterocycles. The summed E-state index contributed by atoms with van der Waals surface area (Å²) in [6, 6.07) is 4.36. The molecule has 0 spiro atoms. The van der Waals surface area contributed by atoms with Crippen molar-refractivity contribution in [2.75, 3.05) is 18.1 Å². The molecule has 4 nitrogen and oxygen atoms in total. The topological polar surface area (TPSA) is 61.7 Å². The van der Waals surface area contributed by atoms with Crippen LogP contribution >= 0.6 is 11.8 Å². The average molecular weight is 318 g/mol. The fourth-order valence-electron chi connectivity index (χ4n) is 2.02. The number of amides is 1. The van der Waals surface area contributed by atoms with Crippen LogP contribution < -0.4 is 5.32 Å². The minimum absolute atomic E-state index is 0.0365. The van der Waals surface area contributed by atoms with E-state index in [0.717, 1.165) is 12.1 Å². The van der Waals surface area contributed by atoms with Crippen molar-refractivity contribution >= 4 is 28.4 Å². The maximum Gasteiger partial charge on any atom is 0.416 e. The summed E-state index contributed by atoms with van der Waals surface area (Å²) in [7, 11) is 0. The largest absolute Gasteiger partial charge is 0.416 e. The van der Waals surface area contributed by atoms with E-state index in [1.54, 1.807) is 6.26 Å². The Bertz CT molecular complexity index is 575. The quantitative estimate of drug-likeness (QED) is 0.880. The SMILES string of the molecule is CSC1=NCC(O)C1C(=O)Nc1cccc(C(F)(F)F)c1. The van der Waals surface area contributed by atoms with Crippen LogP contribution in [-0.4, -0.2) is 35.0 Å². The third-order valence-corrected chi connectivity index (χ3v) is 3.84. The summed E-state index contributed by atoms with van der Waals surface area (Å²) in [5.41, 5.74) is -0.805. The predicted octanol–water partition coefficient (Wildman–Crippen LogP) is 2.40. The van der Waals surface area contributed by atoms with Crippen LogP contribution in [0.1, 0.15) is 5.56 Å². The molecule has 1 aromatic rings. The second kappa shape index (κ2) is 6.07. The van der Waals surface area contributed by atoms with Gasteiger partial charge >= 0.3 is 6.18 Å². The highest BCUT2D eigenvalue weighted by atomic mass is 32.2. The van der Waals surface area contributed by atoms with E-state index >= 15 is 0 Å². The number of aliphatic hydroxyl groups excluding tert-OH is 1. The number of rotatable bonds is 2. The lowest BCUT2D eigenvalue weighted by atomic mass is 10.1. The number of nitrogens with one attached hydrogen (secondary N) is 1. The number of nitrogens with zero attached hydrogens (tertiary/aromatic N) is 1. The Labute approximate surface area is 123 Å². The zero-order valence-electron chi connectivity index (χ0n) is 11.0. The van der Waals surface area contributed by atoms with Crippen LogP contribution in [0.3, 0.4) is 0 Å². The zero-order valence-corrected chi connectivity index (χ0v) is 11.8. The number of hydrogen-bond donors (Lipinski definition) is 2. The highest BCUT2D eigenvalue weighted by Gasteiger charge is 2.36. The van der Waals surface area contributed by atoms with Crippen molar-refractivity contribution in [2.24, 2.45) is 10.9 Å². The van der Waals surface area contributed by atoms with Gasteiger partial charge in [0, 0.05) is 5.69 Å². The molecule has 2 rings (SSSR count). The van der Waals surface area contributed by atoms with E-state index in [2.05, 4.69) is 10.3 Å². The Morgan fingerprint density at radius 1 is 1.48 bits per heavy atom. The fraction of sp³-hybridized carbons (Fsp3) is 0.385. The highest BCUT2D eigenvalue weighted by Crippen LogP contribution is 2.31. The van der Waals surface area contributed by atoms with E-state index in [-0.39, 0.29) is 12.2 Å². The number of aliphatic hydroxyl groups is 1. The molecular weight excluding hydrogens is 305 g/mol. The Hall–Kier alpha value is -1.54. The van der Waals surface area contributed by atoms with Gasteiger partial charge in [0.05, 0.1) is 23.3 Å². The molecule has 0 saturated carbocycles. The van der Waals surface area contributed by atoms with Crippen molar-refractivity contribution in [3.63, 3.8) is 0 Å². The molecule has 114 valence electrons. The normalized spacial score (nSPS) is 22.0. The van der Waals surface area contributed by atoms with Crippen LogP contribution in [0.2, 0.25) is 0 Å². The molecule has 0 aliphatic carbocycles. The summed E-state index contributed by atoms with van der Waals surface area (Å²) < 4.78 is 37.8. The summed E-state index contributed by atoms with van der Waals surface area (Å²) in [5, 5.41) is 12.6. The highest BCUT2D eigenvalue weighted by molar-refractivity contribution is 8.13. The smallest absolute Gasteiger partial charge is 0.390 e. The first-order valence-electron chi connectivity index (χ1n) is 6.07. The minimum atomic E-state index is -4.47. The summed E-state index contributed by atoms with van der Waals surface area (Å²) in [5.74, 6) is -1.40. The van der Waals surface area contributed by atoms with Gasteiger partial charge in [0.25, 0.3) is 0 Å². The van der Waals surface area contributed by atoms with Gasteiger partial charge in [-0.3, -0.25) is 9.79 Å². The molecule has 1 heterocycles. The number of carbonyl (C=O) groups is 1. The lowest BCUT2D eigenvalue weighted by Gasteiger charge is -2.16. The Morgan fingerprint density at radius 2 is 2.19 bits per heavy atom. The van der Waals surface area contributed by atoms with Gasteiger partial charge in [0.2, 0.25) is 5.91 Å². The lowest BCUT2D eigenvalue weighted by molar-refractivity contribution is -0.137. The lowest BCUT2D eigenvalue weighted by Crippen LogP contribution is -2.34. The van der Waals surface area contributed by atoms with E-state index in [1.165, 1.54) is 23.9 Å². The standard InChI is InChI=1S/C13H13F3N2O2S/c1-21-12-10(9(19)6-17-12)11(20)18-8-4-2-3-7(5-8)13(14,15)16/h2-5,9-10,19H,6H2,1H3,(H,18,20). The molecule has 0 saturated heterocycles. The van der Waals surface area contributed by atoms with Gasteiger partial charge < -0.3 is 10.4 Å². The molecule has 21 heavy (non-hydrogen) atoms. The van der Waals surface area contributed by atoms with Crippen LogP contribution in [0.5, 0.6) is 0 Å². The maximum atomic E-state index is 12.6. The Kier molecular flexibility index (Phi) is 4.58. The first-order chi connectivity index (χ1) is 9.82. The van der Waals surface area contributed by atoms with Gasteiger partial charge in [0.1, 0.15) is 5.92 Å². The molecule has 2 atom stereocenters. The van der Waals surface area contributed by atoms with Gasteiger partial charge in [-0.05, 0) is 24.5 Å². The number of hydrogen-bond acceptors (Lipinski definition) is 4. The second-order valence-corrected chi connectivity index (χ2v) is 5.32. The van der Waals surface area contributed by atoms with Gasteiger partial charge in [0.15, 0.2) is 0 Å². The molecule has 1 aliphatic rings. The van der Waals surface area contributed by atoms with Crippen LogP contribution in [-0.2, 0) is 11.0 Å². The number of alkyl halides is 3. The van der Waals surface area contributed by atoms with Crippen LogP contribution in [0, 0.1) is 5.92 Å². The third-order valence-electron chi connectivity index (χ3n) is 3.03. The van der Waals surface area contributed by atoms with Crippen molar-refractivity contribution in [1.29, 1.82) is 0 Å². The predicted molar refractivity (Wildman–Crippen MR) is 75.4 cm³/mol. The molecule has 1 aromatic carbocycles. The van der Waals surface area contributed by atoms with Crippen LogP contribution in [0.4, 0.5) is 18.9 Å². The van der Waals surface area contributed by atoms with Crippen molar-refractivity contribution in [3.05, 3.63) is 29.8 Å². The zero-order chi connectivity index (χ0) is 15.6. The summed E-state index contributed by atoms with van der Waals surface area (Å²) >= 11 is 1.24. The molecule has 0 aromatic heterocycles. The summed E-state index contributed by atoms with van der Waals surface area (Å²) in [4.78, 5) is 16.1. The Morgan fingerprint density at radius 3 is 2.81 bits per heavy atom. The Balaban J connectivity index is 2.15. The summed E-state index contributed by atoms with van der Waals surface area (Å²) in [6.07, 6.45) is -3.70. The van der Waals surface area contributed by atoms with E-state index in [4.69, 9.17) is 0 Å². The first-order valence-corrected chi connectivity index (χ1v) is 7.30. The molecule has 1 amide bonds. The molecule has 0 bridgehead atoms. The van der Waals surface area contributed by atoms with Crippen molar-refractivity contribution in [2.45, 2.75) is 12.3 Å². The van der Waals surface area contributed by atoms with Gasteiger partial charge in [-0.25, -0.2) is 0 Å². The van der Waals surface area contributed by atoms with Crippen molar-refractivity contribution in [3.8, 4) is 0 Å².